The van der Waals surface area contributed by atoms with Gasteiger partial charge in [-0.05, 0) is 0 Å². The van der Waals surface area contributed by atoms with Gasteiger partial charge in [-0.3, -0.25) is 168 Å². The molecule has 2 saturated heterocycles. The molecule has 0 aliphatic carbocycles. The summed E-state index contributed by atoms with van der Waals surface area (Å²) in [6.45, 7) is 0. The van der Waals surface area contributed by atoms with Crippen molar-refractivity contribution < 1.29 is 461 Å². The maximum absolute atomic E-state index is 6.00. The summed E-state index contributed by atoms with van der Waals surface area (Å²) in [4.78, 5) is 0. The van der Waals surface area contributed by atoms with Gasteiger partial charge in [0.25, 0.3) is 0 Å². The van der Waals surface area contributed by atoms with Gasteiger partial charge in [0, 0.05) is 253 Å². The van der Waals surface area contributed by atoms with Crippen LogP contribution in [-0.2, 0) is 271 Å². The number of hydrogen-bond acceptors (Lipinski definition) is 36. The maximum atomic E-state index is 6.00. The smallest absolute Gasteiger partial charge is 0.412 e. The molecule has 40 nitrogen and oxygen atoms in total. The molecule has 0 aromatic rings. The molecule has 0 saturated carbocycles. The Kier molecular flexibility index (Phi) is 3250. The van der Waals surface area contributed by atoms with E-state index in [1.54, 1.807) is 0 Å². The van der Waals surface area contributed by atoms with Gasteiger partial charge in [0.2, 0.25) is 0 Å². The average Bonchev–Trinajstić information content (AvgIpc) is 4.08. The molecule has 0 aromatic heterocycles. The van der Waals surface area contributed by atoms with Crippen LogP contribution in [0.5, 0.6) is 0 Å². The van der Waals surface area contributed by atoms with Crippen LogP contribution in [0.3, 0.4) is 0 Å². The van der Waals surface area contributed by atoms with Crippen LogP contribution in [0.1, 0.15) is 0 Å². The molecule has 0 unspecified atom stereocenters. The zero-order chi connectivity index (χ0) is 35.3. The van der Waals surface area contributed by atoms with Crippen LogP contribution >= 0.6 is 0 Å². The monoisotopic (exact) mass is 1880 g/mol. The quantitative estimate of drug-likeness (QED) is 0.0480. The zero-order valence-corrected chi connectivity index (χ0v) is 48.4. The second-order valence-corrected chi connectivity index (χ2v) is 2.50. The molecule has 1 spiro atoms. The molecule has 0 amide bonds. The van der Waals surface area contributed by atoms with Gasteiger partial charge >= 0.3 is 9.05 Å². The van der Waals surface area contributed by atoms with Crippen LogP contribution in [0, 0.1) is 0 Å². The van der Waals surface area contributed by atoms with Crippen molar-refractivity contribution in [3.05, 3.63) is 0 Å². The summed E-state index contributed by atoms with van der Waals surface area (Å²) >= 11 is 0. The Hall–Kier alpha value is 6.88. The van der Waals surface area contributed by atoms with Crippen LogP contribution in [0.4, 0.5) is 0 Å². The van der Waals surface area contributed by atoms with Crippen LogP contribution in [0.15, 0.2) is 0 Å². The van der Waals surface area contributed by atoms with E-state index in [0.29, 0.717) is 0 Å². The van der Waals surface area contributed by atoms with Crippen molar-refractivity contribution >= 4 is 9.05 Å². The van der Waals surface area contributed by atoms with E-state index in [1.807, 2.05) is 0 Å². The summed E-state index contributed by atoms with van der Waals surface area (Å²) < 4.78 is 16.8. The van der Waals surface area contributed by atoms with E-state index < -0.39 is 9.05 Å². The Bertz CT molecular complexity index is 90.6. The van der Waals surface area contributed by atoms with E-state index in [1.165, 1.54) is 0 Å². The standard InChI is InChI=1S/12Mo.O4Si.16H2O2.4H2O/c;;;;;;;;;;;;1-2-5(1)3-4-5;16*1-2;;;;/h;;;;;;;;;;;;;16*1-2H;4*1H2. The molecule has 356 valence electrons. The summed E-state index contributed by atoms with van der Waals surface area (Å²) in [5.41, 5.74) is 0. The zero-order valence-electron chi connectivity index (χ0n) is 23.3. The molecule has 53 heavy (non-hydrogen) atoms. The van der Waals surface area contributed by atoms with E-state index in [0.717, 1.165) is 0 Å². The Labute approximate surface area is 464 Å². The molecular formula is H40Mo12O40Si. The third kappa shape index (κ3) is 669. The summed E-state index contributed by atoms with van der Waals surface area (Å²) in [6, 6.07) is 0. The molecule has 2 fully saturated rings. The van der Waals surface area contributed by atoms with Gasteiger partial charge in [-0.25, -0.2) is 0 Å². The van der Waals surface area contributed by atoms with Crippen molar-refractivity contribution in [2.75, 3.05) is 0 Å². The van der Waals surface area contributed by atoms with Crippen molar-refractivity contribution in [1.29, 1.82) is 0 Å². The van der Waals surface area contributed by atoms with Gasteiger partial charge < -0.3 is 21.9 Å². The minimum Gasteiger partial charge on any atom is -0.412 e. The Balaban J connectivity index is -0.00000000333. The second-order valence-electron chi connectivity index (χ2n) is 0.833. The van der Waals surface area contributed by atoms with Gasteiger partial charge in [-0.2, -0.15) is 18.3 Å². The molecule has 0 atom stereocenters. The minimum absolute atomic E-state index is 0. The molecule has 0 bridgehead atoms. The van der Waals surface area contributed by atoms with Crippen molar-refractivity contribution in [3.63, 3.8) is 0 Å². The molecule has 2 rings (SSSR count). The minimum atomic E-state index is -2.11. The largest absolute Gasteiger partial charge is 0.789 e. The van der Waals surface area contributed by atoms with Gasteiger partial charge in [0.1, 0.15) is 0 Å². The van der Waals surface area contributed by atoms with E-state index in [-0.39, 0.29) is 275 Å². The van der Waals surface area contributed by atoms with Crippen molar-refractivity contribution in [2.24, 2.45) is 0 Å². The van der Waals surface area contributed by atoms with Gasteiger partial charge in [-0.1, -0.05) is 0 Å². The van der Waals surface area contributed by atoms with E-state index in [9.17, 15) is 0 Å². The fourth-order valence-electron chi connectivity index (χ4n) is 0.124. The Morgan fingerprint density at radius 3 is 0.189 bits per heavy atom. The summed E-state index contributed by atoms with van der Waals surface area (Å²) in [6.07, 6.45) is 0. The third-order valence-corrected chi connectivity index (χ3v) is 1.32. The fourth-order valence-corrected chi connectivity index (χ4v) is 0.779. The molecular weight excluding hydrogens is 1820 g/mol. The van der Waals surface area contributed by atoms with E-state index in [2.05, 4.69) is 18.3 Å². The van der Waals surface area contributed by atoms with E-state index in [4.69, 9.17) is 168 Å². The Morgan fingerprint density at radius 1 is 0.151 bits per heavy atom. The molecule has 53 heteroatoms. The SMILES string of the molecule is O.O.O.O.O1O[Si]12OO2.OO.OO.OO.OO.OO.OO.OO.OO.OO.OO.OO.OO.OO.OO.OO.OO.[Mo].[Mo].[Mo].[Mo].[Mo].[Mo].[Mo].[Mo].[Mo].[Mo].[Mo].[Mo]. The Morgan fingerprint density at radius 2 is 0.189 bits per heavy atom. The topological polar surface area (TPSA) is 823 Å². The maximum Gasteiger partial charge on any atom is 0.789 e. The van der Waals surface area contributed by atoms with Crippen molar-refractivity contribution in [1.82, 2.24) is 0 Å². The van der Waals surface area contributed by atoms with Gasteiger partial charge in [0.15, 0.2) is 0 Å². The first-order valence-electron chi connectivity index (χ1n) is 4.35. The van der Waals surface area contributed by atoms with E-state index >= 15 is 0 Å². The first kappa shape index (κ1) is 249. The molecule has 2 heterocycles. The third-order valence-electron chi connectivity index (χ3n) is 0.439. The van der Waals surface area contributed by atoms with Crippen LogP contribution < -0.4 is 0 Å². The first-order chi connectivity index (χ1) is 18.4. The van der Waals surface area contributed by atoms with Crippen LogP contribution in [0.25, 0.3) is 0 Å². The fraction of sp³-hybridized carbons (Fsp3) is 0. The van der Waals surface area contributed by atoms with Gasteiger partial charge in [-0.15, -0.1) is 0 Å². The van der Waals surface area contributed by atoms with Crippen LogP contribution in [-0.4, -0.2) is 199 Å². The average molecular weight is 1860 g/mol. The second kappa shape index (κ2) is 692. The summed E-state index contributed by atoms with van der Waals surface area (Å²) in [7, 11) is -2.11. The summed E-state index contributed by atoms with van der Waals surface area (Å²) in [5, 5.41) is 192. The molecule has 0 radical (unpaired) electrons. The predicted molar refractivity (Wildman–Crippen MR) is 109 cm³/mol. The van der Waals surface area contributed by atoms with Crippen molar-refractivity contribution in [3.8, 4) is 0 Å². The molecule has 2 aliphatic rings. The molecule has 40 N–H and O–H groups in total. The molecule has 2 aliphatic heterocycles. The molecule has 0 aromatic carbocycles. The van der Waals surface area contributed by atoms with Crippen molar-refractivity contribution in [2.45, 2.75) is 0 Å². The summed E-state index contributed by atoms with van der Waals surface area (Å²) in [5.74, 6) is 0. The van der Waals surface area contributed by atoms with Gasteiger partial charge in [0.05, 0.1) is 0 Å². The van der Waals surface area contributed by atoms with Crippen LogP contribution in [0.2, 0.25) is 0 Å². The number of hydrogen-bond donors (Lipinski definition) is 32. The first-order valence-corrected chi connectivity index (χ1v) is 5.98. The number of rotatable bonds is 0. The normalized spacial score (nSPS) is 5.43. The predicted octanol–water partition coefficient (Wildman–Crippen LogP) is -3.70.